The van der Waals surface area contributed by atoms with E-state index in [1.807, 2.05) is 19.1 Å². The first kappa shape index (κ1) is 12.0. The van der Waals surface area contributed by atoms with Gasteiger partial charge < -0.3 is 9.47 Å². The van der Waals surface area contributed by atoms with Crippen molar-refractivity contribution in [3.8, 4) is 17.5 Å². The highest BCUT2D eigenvalue weighted by molar-refractivity contribution is 5.73. The van der Waals surface area contributed by atoms with Crippen LogP contribution in [0.15, 0.2) is 36.7 Å². The molecule has 0 fully saturated rings. The van der Waals surface area contributed by atoms with Crippen LogP contribution in [0.2, 0.25) is 0 Å². The first-order chi connectivity index (χ1) is 8.83. The molecular formula is C13H12N2O3. The number of carbonyl (C=O) groups is 1. The average molecular weight is 244 g/mol. The number of ether oxygens (including phenoxy) is 2. The largest absolute Gasteiger partial charge is 0.490 e. The summed E-state index contributed by atoms with van der Waals surface area (Å²) in [6.45, 7) is 2.44. The third-order valence-electron chi connectivity index (χ3n) is 2.13. The zero-order chi connectivity index (χ0) is 12.8. The van der Waals surface area contributed by atoms with Gasteiger partial charge in [-0.05, 0) is 19.1 Å². The fourth-order valence-electron chi connectivity index (χ4n) is 1.35. The second kappa shape index (κ2) is 5.77. The van der Waals surface area contributed by atoms with Crippen molar-refractivity contribution in [3.63, 3.8) is 0 Å². The maximum absolute atomic E-state index is 10.5. The molecule has 5 heteroatoms. The topological polar surface area (TPSA) is 61.3 Å². The molecule has 0 bridgehead atoms. The molecule has 0 unspecified atom stereocenters. The van der Waals surface area contributed by atoms with Gasteiger partial charge >= 0.3 is 6.01 Å². The Bertz CT molecular complexity index is 526. The van der Waals surface area contributed by atoms with Crippen molar-refractivity contribution in [2.75, 3.05) is 6.61 Å². The van der Waals surface area contributed by atoms with Crippen LogP contribution < -0.4 is 9.47 Å². The van der Waals surface area contributed by atoms with Gasteiger partial charge in [0.15, 0.2) is 17.8 Å². The molecular weight excluding hydrogens is 232 g/mol. The van der Waals surface area contributed by atoms with E-state index in [1.165, 1.54) is 12.4 Å². The molecule has 5 nitrogen and oxygen atoms in total. The summed E-state index contributed by atoms with van der Waals surface area (Å²) in [6.07, 6.45) is 3.48. The van der Waals surface area contributed by atoms with Crippen LogP contribution in [0.4, 0.5) is 0 Å². The molecule has 0 saturated carbocycles. The maximum atomic E-state index is 10.5. The Morgan fingerprint density at radius 2 is 1.83 bits per heavy atom. The molecule has 0 aliphatic rings. The van der Waals surface area contributed by atoms with Gasteiger partial charge in [0, 0.05) is 12.4 Å². The minimum absolute atomic E-state index is 0.174. The van der Waals surface area contributed by atoms with Gasteiger partial charge in [-0.25, -0.2) is 9.97 Å². The highest BCUT2D eigenvalue weighted by atomic mass is 16.5. The summed E-state index contributed by atoms with van der Waals surface area (Å²) in [6, 6.07) is 7.43. The van der Waals surface area contributed by atoms with Crippen molar-refractivity contribution in [1.82, 2.24) is 9.97 Å². The quantitative estimate of drug-likeness (QED) is 0.756. The molecule has 2 rings (SSSR count). The van der Waals surface area contributed by atoms with Crippen molar-refractivity contribution in [2.24, 2.45) is 0 Å². The highest BCUT2D eigenvalue weighted by Crippen LogP contribution is 2.29. The minimum atomic E-state index is 0.174. The lowest BCUT2D eigenvalue weighted by Gasteiger charge is -2.09. The van der Waals surface area contributed by atoms with Crippen molar-refractivity contribution in [2.45, 2.75) is 6.92 Å². The standard InChI is InChI=1S/C13H12N2O3/c1-2-17-11-5-3-4-6-12(11)18-13-14-7-10(9-16)8-15-13/h3-9H,2H2,1H3. The van der Waals surface area contributed by atoms with Gasteiger partial charge in [-0.3, -0.25) is 4.79 Å². The van der Waals surface area contributed by atoms with Crippen LogP contribution in [-0.4, -0.2) is 22.9 Å². The Labute approximate surface area is 104 Å². The van der Waals surface area contributed by atoms with Crippen molar-refractivity contribution in [1.29, 1.82) is 0 Å². The van der Waals surface area contributed by atoms with E-state index in [4.69, 9.17) is 9.47 Å². The predicted molar refractivity (Wildman–Crippen MR) is 65.1 cm³/mol. The van der Waals surface area contributed by atoms with Crippen LogP contribution in [-0.2, 0) is 0 Å². The van der Waals surface area contributed by atoms with Crippen LogP contribution in [0.1, 0.15) is 17.3 Å². The fourth-order valence-corrected chi connectivity index (χ4v) is 1.35. The van der Waals surface area contributed by atoms with Crippen LogP contribution in [0.3, 0.4) is 0 Å². The summed E-state index contributed by atoms with van der Waals surface area (Å²) in [5.41, 5.74) is 0.403. The highest BCUT2D eigenvalue weighted by Gasteiger charge is 2.06. The number of para-hydroxylation sites is 2. The van der Waals surface area contributed by atoms with E-state index in [0.717, 1.165) is 0 Å². The lowest BCUT2D eigenvalue weighted by molar-refractivity contribution is 0.112. The fraction of sp³-hybridized carbons (Fsp3) is 0.154. The molecule has 1 heterocycles. The summed E-state index contributed by atoms with van der Waals surface area (Å²) in [4.78, 5) is 18.3. The molecule has 0 spiro atoms. The molecule has 2 aromatic rings. The maximum Gasteiger partial charge on any atom is 0.322 e. The van der Waals surface area contributed by atoms with Gasteiger partial charge in [0.25, 0.3) is 0 Å². The Balaban J connectivity index is 2.19. The number of carbonyl (C=O) groups excluding carboxylic acids is 1. The van der Waals surface area contributed by atoms with Gasteiger partial charge in [-0.1, -0.05) is 12.1 Å². The van der Waals surface area contributed by atoms with Gasteiger partial charge in [0.05, 0.1) is 12.2 Å². The van der Waals surface area contributed by atoms with E-state index < -0.39 is 0 Å². The van der Waals surface area contributed by atoms with Crippen molar-refractivity contribution in [3.05, 3.63) is 42.2 Å². The third kappa shape index (κ3) is 2.82. The number of rotatable bonds is 5. The number of benzene rings is 1. The normalized spacial score (nSPS) is 9.83. The van der Waals surface area contributed by atoms with Crippen LogP contribution in [0, 0.1) is 0 Å². The smallest absolute Gasteiger partial charge is 0.322 e. The summed E-state index contributed by atoms with van der Waals surface area (Å²) < 4.78 is 10.9. The van der Waals surface area contributed by atoms with Gasteiger partial charge in [-0.2, -0.15) is 0 Å². The summed E-state index contributed by atoms with van der Waals surface area (Å²) in [5.74, 6) is 1.17. The predicted octanol–water partition coefficient (Wildman–Crippen LogP) is 2.48. The second-order valence-corrected chi connectivity index (χ2v) is 3.40. The molecule has 92 valence electrons. The zero-order valence-electron chi connectivity index (χ0n) is 9.87. The number of hydrogen-bond donors (Lipinski definition) is 0. The molecule has 0 aliphatic heterocycles. The lowest BCUT2D eigenvalue weighted by Crippen LogP contribution is -1.97. The number of hydrogen-bond acceptors (Lipinski definition) is 5. The Hall–Kier alpha value is -2.43. The lowest BCUT2D eigenvalue weighted by atomic mass is 10.3. The average Bonchev–Trinajstić information content (AvgIpc) is 2.42. The molecule has 0 saturated heterocycles. The van der Waals surface area contributed by atoms with Crippen molar-refractivity contribution >= 4 is 6.29 Å². The van der Waals surface area contributed by atoms with E-state index in [1.54, 1.807) is 12.1 Å². The molecule has 1 aromatic carbocycles. The van der Waals surface area contributed by atoms with Crippen LogP contribution in [0.5, 0.6) is 17.5 Å². The second-order valence-electron chi connectivity index (χ2n) is 3.40. The summed E-state index contributed by atoms with van der Waals surface area (Å²) in [5, 5.41) is 0. The summed E-state index contributed by atoms with van der Waals surface area (Å²) in [7, 11) is 0. The van der Waals surface area contributed by atoms with E-state index in [9.17, 15) is 4.79 Å². The molecule has 18 heavy (non-hydrogen) atoms. The molecule has 1 aromatic heterocycles. The first-order valence-corrected chi connectivity index (χ1v) is 5.50. The van der Waals surface area contributed by atoms with Crippen LogP contribution in [0.25, 0.3) is 0 Å². The van der Waals surface area contributed by atoms with E-state index in [2.05, 4.69) is 9.97 Å². The minimum Gasteiger partial charge on any atom is -0.490 e. The Morgan fingerprint density at radius 1 is 1.17 bits per heavy atom. The van der Waals surface area contributed by atoms with E-state index in [0.29, 0.717) is 30.0 Å². The molecule has 0 aliphatic carbocycles. The van der Waals surface area contributed by atoms with E-state index >= 15 is 0 Å². The third-order valence-corrected chi connectivity index (χ3v) is 2.13. The SMILES string of the molecule is CCOc1ccccc1Oc1ncc(C=O)cn1. The molecule has 0 radical (unpaired) electrons. The Morgan fingerprint density at radius 3 is 2.44 bits per heavy atom. The number of aldehydes is 1. The van der Waals surface area contributed by atoms with Gasteiger partial charge in [0.1, 0.15) is 0 Å². The zero-order valence-corrected chi connectivity index (χ0v) is 9.87. The monoisotopic (exact) mass is 244 g/mol. The van der Waals surface area contributed by atoms with Crippen LogP contribution >= 0.6 is 0 Å². The summed E-state index contributed by atoms with van der Waals surface area (Å²) >= 11 is 0. The van der Waals surface area contributed by atoms with Gasteiger partial charge in [0.2, 0.25) is 0 Å². The molecule has 0 amide bonds. The van der Waals surface area contributed by atoms with Crippen molar-refractivity contribution < 1.29 is 14.3 Å². The number of nitrogens with zero attached hydrogens (tertiary/aromatic N) is 2. The Kier molecular flexibility index (Phi) is 3.86. The van der Waals surface area contributed by atoms with E-state index in [-0.39, 0.29) is 6.01 Å². The van der Waals surface area contributed by atoms with Gasteiger partial charge in [-0.15, -0.1) is 0 Å². The molecule has 0 atom stereocenters. The first-order valence-electron chi connectivity index (χ1n) is 5.50. The number of aromatic nitrogens is 2. The molecule has 0 N–H and O–H groups in total.